The molecule has 1 atom stereocenters. The number of nitrogens with zero attached hydrogens (tertiary/aromatic N) is 3. The Balaban J connectivity index is 1.50. The lowest BCUT2D eigenvalue weighted by atomic mass is 9.91. The number of hydrogen-bond donors (Lipinski definition) is 0. The number of hydrogen-bond acceptors (Lipinski definition) is 8. The molecule has 42 heavy (non-hydrogen) atoms. The molecule has 1 aliphatic heterocycles. The zero-order valence-corrected chi connectivity index (χ0v) is 23.9. The molecule has 0 N–H and O–H groups in total. The van der Waals surface area contributed by atoms with Crippen LogP contribution in [0.1, 0.15) is 31.2 Å². The van der Waals surface area contributed by atoms with Gasteiger partial charge in [0.05, 0.1) is 33.4 Å². The first kappa shape index (κ1) is 27.4. The predicted octanol–water partition coefficient (Wildman–Crippen LogP) is 5.77. The SMILES string of the molecule is CCOC(=O)C1=C(C)N=c2s/c(=C/c3ccc(-c4ccc(Cl)c([N+](=O)[O-])c4)o3)c(=O)n2[C@@H]1c1cccc2ccccc12. The van der Waals surface area contributed by atoms with E-state index in [-0.39, 0.29) is 22.9 Å². The average molecular weight is 600 g/mol. The number of furan rings is 1. The summed E-state index contributed by atoms with van der Waals surface area (Å²) in [6.07, 6.45) is 1.60. The number of allylic oxidation sites excluding steroid dienone is 1. The molecule has 0 saturated heterocycles. The Morgan fingerprint density at radius 1 is 1.17 bits per heavy atom. The highest BCUT2D eigenvalue weighted by Crippen LogP contribution is 2.35. The van der Waals surface area contributed by atoms with Crippen molar-refractivity contribution < 1.29 is 18.9 Å². The number of benzene rings is 3. The number of aromatic nitrogens is 1. The standard InChI is InChI=1S/C31H22ClN3O6S/c1-3-40-30(37)27-17(2)33-31-34(28(27)22-10-6-8-18-7-4-5-9-21(18)22)29(36)26(42-31)16-20-12-14-25(41-20)19-11-13-23(32)24(15-19)35(38)39/h4-16,28H,3H2,1-2H3/b26-16+/t28-/m1/s1. The first-order valence-electron chi connectivity index (χ1n) is 13.0. The lowest BCUT2D eigenvalue weighted by Gasteiger charge is -2.25. The minimum atomic E-state index is -0.754. The Bertz CT molecular complexity index is 2120. The topological polar surface area (TPSA) is 117 Å². The van der Waals surface area contributed by atoms with E-state index in [0.717, 1.165) is 16.3 Å². The number of ether oxygens (including phenoxy) is 1. The van der Waals surface area contributed by atoms with Crippen molar-refractivity contribution in [1.82, 2.24) is 4.57 Å². The molecular formula is C31H22ClN3O6S. The van der Waals surface area contributed by atoms with E-state index in [4.69, 9.17) is 20.8 Å². The van der Waals surface area contributed by atoms with Gasteiger partial charge in [0.25, 0.3) is 11.2 Å². The van der Waals surface area contributed by atoms with Crippen LogP contribution in [0.25, 0.3) is 28.2 Å². The van der Waals surface area contributed by atoms with Crippen LogP contribution in [0.4, 0.5) is 5.69 Å². The van der Waals surface area contributed by atoms with Crippen LogP contribution in [0.5, 0.6) is 0 Å². The molecule has 6 rings (SSSR count). The van der Waals surface area contributed by atoms with Crippen molar-refractivity contribution >= 4 is 51.4 Å². The maximum absolute atomic E-state index is 14.0. The largest absolute Gasteiger partial charge is 0.463 e. The lowest BCUT2D eigenvalue weighted by Crippen LogP contribution is -2.40. The fourth-order valence-corrected chi connectivity index (χ4v) is 6.31. The van der Waals surface area contributed by atoms with Crippen LogP contribution in [0, 0.1) is 10.1 Å². The normalized spacial score (nSPS) is 15.0. The van der Waals surface area contributed by atoms with Crippen molar-refractivity contribution in [1.29, 1.82) is 0 Å². The van der Waals surface area contributed by atoms with Crippen LogP contribution in [0.15, 0.2) is 98.3 Å². The van der Waals surface area contributed by atoms with E-state index in [1.165, 1.54) is 28.0 Å². The second-order valence-corrected chi connectivity index (χ2v) is 10.9. The van der Waals surface area contributed by atoms with Crippen LogP contribution in [-0.2, 0) is 9.53 Å². The van der Waals surface area contributed by atoms with Crippen molar-refractivity contribution in [2.45, 2.75) is 19.9 Å². The van der Waals surface area contributed by atoms with E-state index >= 15 is 0 Å². The number of carbonyl (C=O) groups is 1. The van der Waals surface area contributed by atoms with Gasteiger partial charge in [-0.2, -0.15) is 0 Å². The van der Waals surface area contributed by atoms with Gasteiger partial charge in [-0.1, -0.05) is 65.4 Å². The molecule has 2 aromatic heterocycles. The summed E-state index contributed by atoms with van der Waals surface area (Å²) in [7, 11) is 0. The van der Waals surface area contributed by atoms with Crippen LogP contribution in [0.3, 0.4) is 0 Å². The van der Waals surface area contributed by atoms with Gasteiger partial charge in [0.15, 0.2) is 4.80 Å². The number of esters is 1. The Labute approximate surface area is 247 Å². The monoisotopic (exact) mass is 599 g/mol. The third kappa shape index (κ3) is 4.74. The highest BCUT2D eigenvalue weighted by atomic mass is 35.5. The summed E-state index contributed by atoms with van der Waals surface area (Å²) < 4.78 is 13.2. The zero-order valence-electron chi connectivity index (χ0n) is 22.4. The van der Waals surface area contributed by atoms with Crippen molar-refractivity contribution in [3.8, 4) is 11.3 Å². The second kappa shape index (κ2) is 10.9. The van der Waals surface area contributed by atoms with Gasteiger partial charge in [0.1, 0.15) is 16.5 Å². The molecule has 0 saturated carbocycles. The molecule has 9 nitrogen and oxygen atoms in total. The van der Waals surface area contributed by atoms with Gasteiger partial charge in [0, 0.05) is 17.7 Å². The molecule has 11 heteroatoms. The number of rotatable bonds is 6. The van der Waals surface area contributed by atoms with E-state index in [1.54, 1.807) is 38.1 Å². The number of halogens is 1. The van der Waals surface area contributed by atoms with E-state index < -0.39 is 16.9 Å². The summed E-state index contributed by atoms with van der Waals surface area (Å²) in [5.41, 5.74) is 1.45. The summed E-state index contributed by atoms with van der Waals surface area (Å²) in [4.78, 5) is 43.1. The second-order valence-electron chi connectivity index (χ2n) is 9.50. The quantitative estimate of drug-likeness (QED) is 0.139. The maximum atomic E-state index is 14.0. The molecule has 5 aromatic rings. The fourth-order valence-electron chi connectivity index (χ4n) is 5.10. The Kier molecular flexibility index (Phi) is 7.09. The van der Waals surface area contributed by atoms with Crippen molar-refractivity contribution in [3.05, 3.63) is 130 Å². The van der Waals surface area contributed by atoms with Crippen LogP contribution < -0.4 is 14.9 Å². The molecule has 0 bridgehead atoms. The first-order chi connectivity index (χ1) is 20.3. The minimum Gasteiger partial charge on any atom is -0.463 e. The highest BCUT2D eigenvalue weighted by Gasteiger charge is 2.34. The van der Waals surface area contributed by atoms with Gasteiger partial charge in [-0.3, -0.25) is 19.5 Å². The zero-order chi connectivity index (χ0) is 29.5. The molecule has 3 heterocycles. The number of nitro benzene ring substituents is 1. The van der Waals surface area contributed by atoms with Gasteiger partial charge in [-0.05, 0) is 54.4 Å². The lowest BCUT2D eigenvalue weighted by molar-refractivity contribution is -0.384. The summed E-state index contributed by atoms with van der Waals surface area (Å²) >= 11 is 7.13. The molecule has 1 aliphatic rings. The molecule has 0 aliphatic carbocycles. The fraction of sp³-hybridized carbons (Fsp3) is 0.129. The Morgan fingerprint density at radius 2 is 1.95 bits per heavy atom. The van der Waals surface area contributed by atoms with E-state index in [2.05, 4.69) is 4.99 Å². The van der Waals surface area contributed by atoms with Crippen LogP contribution in [-0.4, -0.2) is 22.1 Å². The van der Waals surface area contributed by atoms with Gasteiger partial charge in [-0.25, -0.2) is 9.79 Å². The van der Waals surface area contributed by atoms with Gasteiger partial charge in [0.2, 0.25) is 0 Å². The maximum Gasteiger partial charge on any atom is 0.338 e. The van der Waals surface area contributed by atoms with E-state index in [9.17, 15) is 19.7 Å². The smallest absolute Gasteiger partial charge is 0.338 e. The average Bonchev–Trinajstić information content (AvgIpc) is 3.56. The Hall–Kier alpha value is -4.80. The molecule has 0 unspecified atom stereocenters. The van der Waals surface area contributed by atoms with Gasteiger partial charge < -0.3 is 9.15 Å². The van der Waals surface area contributed by atoms with Crippen LogP contribution in [0.2, 0.25) is 5.02 Å². The van der Waals surface area contributed by atoms with Crippen molar-refractivity contribution in [3.63, 3.8) is 0 Å². The number of fused-ring (bicyclic) bond motifs is 2. The van der Waals surface area contributed by atoms with E-state index in [1.807, 2.05) is 42.5 Å². The number of nitro groups is 1. The van der Waals surface area contributed by atoms with Crippen molar-refractivity contribution in [2.75, 3.05) is 6.61 Å². The first-order valence-corrected chi connectivity index (χ1v) is 14.2. The molecular weight excluding hydrogens is 578 g/mol. The molecule has 0 spiro atoms. The molecule has 0 amide bonds. The molecule has 210 valence electrons. The number of thiazole rings is 1. The highest BCUT2D eigenvalue weighted by molar-refractivity contribution is 7.07. The van der Waals surface area contributed by atoms with Gasteiger partial charge in [-0.15, -0.1) is 0 Å². The summed E-state index contributed by atoms with van der Waals surface area (Å²) in [6.45, 7) is 3.65. The molecule has 0 fully saturated rings. The summed E-state index contributed by atoms with van der Waals surface area (Å²) in [5.74, 6) is 0.220. The van der Waals surface area contributed by atoms with Crippen LogP contribution >= 0.6 is 22.9 Å². The minimum absolute atomic E-state index is 0.0230. The predicted molar refractivity (Wildman–Crippen MR) is 160 cm³/mol. The third-order valence-corrected chi connectivity index (χ3v) is 8.27. The van der Waals surface area contributed by atoms with Gasteiger partial charge >= 0.3 is 5.97 Å². The molecule has 0 radical (unpaired) electrons. The summed E-state index contributed by atoms with van der Waals surface area (Å²) in [5, 5.41) is 13.2. The van der Waals surface area contributed by atoms with Crippen molar-refractivity contribution in [2.24, 2.45) is 4.99 Å². The third-order valence-electron chi connectivity index (χ3n) is 6.96. The summed E-state index contributed by atoms with van der Waals surface area (Å²) in [6, 6.07) is 20.6. The Morgan fingerprint density at radius 3 is 2.74 bits per heavy atom. The molecule has 3 aromatic carbocycles. The number of carbonyl (C=O) groups excluding carboxylic acids is 1. The van der Waals surface area contributed by atoms with E-state index in [0.29, 0.717) is 37.7 Å².